The van der Waals surface area contributed by atoms with Gasteiger partial charge in [0.2, 0.25) is 0 Å². The molecule has 133 valence electrons. The van der Waals surface area contributed by atoms with Gasteiger partial charge in [0.1, 0.15) is 0 Å². The standard InChI is InChI=1S/C11H15.C10H16S.CH4.Y/c1-4-10-6-5-7-11(8-10)9(2)3;1-5-9-6-10(7(2)3)8(4)11-9;;/h5-6,8-9H,4H2,1-3H3;6-7H,5H2,1-4H3;1H4;/q-1;;;. The van der Waals surface area contributed by atoms with E-state index in [2.05, 4.69) is 72.7 Å². The van der Waals surface area contributed by atoms with E-state index >= 15 is 0 Å². The number of rotatable bonds is 4. The van der Waals surface area contributed by atoms with Crippen molar-refractivity contribution in [3.05, 3.63) is 56.8 Å². The average molecular weight is 420 g/mol. The summed E-state index contributed by atoms with van der Waals surface area (Å²) in [6.45, 7) is 15.5. The third kappa shape index (κ3) is 8.41. The monoisotopic (exact) mass is 420 g/mol. The SMILES string of the molecule is C.CCc1cc(C(C)C)c(C)s1.CCc1cc[c-]c(C(C)C)c1.[Y]. The molecule has 1 aromatic heterocycles. The molecule has 0 aliphatic carbocycles. The molecule has 1 aromatic carbocycles. The quantitative estimate of drug-likeness (QED) is 0.448. The molecule has 0 nitrogen and oxygen atoms in total. The van der Waals surface area contributed by atoms with Crippen LogP contribution in [-0.2, 0) is 45.6 Å². The van der Waals surface area contributed by atoms with Crippen molar-refractivity contribution in [2.24, 2.45) is 0 Å². The van der Waals surface area contributed by atoms with Gasteiger partial charge in [-0.2, -0.15) is 35.4 Å². The van der Waals surface area contributed by atoms with Gasteiger partial charge in [-0.25, -0.2) is 0 Å². The molecule has 0 bridgehead atoms. The van der Waals surface area contributed by atoms with Crippen molar-refractivity contribution < 1.29 is 32.7 Å². The van der Waals surface area contributed by atoms with Crippen molar-refractivity contribution in [2.45, 2.75) is 80.6 Å². The fraction of sp³-hybridized carbons (Fsp3) is 0.545. The second-order valence-corrected chi connectivity index (χ2v) is 7.73. The molecule has 24 heavy (non-hydrogen) atoms. The first-order chi connectivity index (χ1) is 10.4. The molecular weight excluding hydrogens is 385 g/mol. The molecule has 0 fully saturated rings. The molecule has 0 N–H and O–H groups in total. The fourth-order valence-electron chi connectivity index (χ4n) is 2.40. The van der Waals surface area contributed by atoms with Crippen LogP contribution in [0.2, 0.25) is 0 Å². The van der Waals surface area contributed by atoms with E-state index in [1.54, 1.807) is 0 Å². The molecular formula is C22H35SY-. The van der Waals surface area contributed by atoms with Gasteiger partial charge in [0.15, 0.2) is 0 Å². The van der Waals surface area contributed by atoms with Crippen LogP contribution >= 0.6 is 11.3 Å². The Morgan fingerprint density at radius 1 is 1.00 bits per heavy atom. The second kappa shape index (κ2) is 13.3. The van der Waals surface area contributed by atoms with Gasteiger partial charge in [-0.05, 0) is 36.8 Å². The molecule has 0 atom stereocenters. The van der Waals surface area contributed by atoms with Crippen LogP contribution in [0, 0.1) is 13.0 Å². The van der Waals surface area contributed by atoms with E-state index in [-0.39, 0.29) is 40.1 Å². The van der Waals surface area contributed by atoms with Crippen LogP contribution in [-0.4, -0.2) is 0 Å². The summed E-state index contributed by atoms with van der Waals surface area (Å²) >= 11 is 1.94. The zero-order valence-electron chi connectivity index (χ0n) is 15.9. The molecule has 2 aromatic rings. The molecule has 1 heterocycles. The number of benzene rings is 1. The molecule has 0 saturated heterocycles. The van der Waals surface area contributed by atoms with Gasteiger partial charge in [-0.15, -0.1) is 11.3 Å². The Hall–Kier alpha value is 0.0239. The van der Waals surface area contributed by atoms with Gasteiger partial charge in [0.05, 0.1) is 0 Å². The summed E-state index contributed by atoms with van der Waals surface area (Å²) in [5.74, 6) is 1.29. The number of hydrogen-bond donors (Lipinski definition) is 0. The Balaban J connectivity index is 0. The minimum absolute atomic E-state index is 0. The minimum atomic E-state index is 0. The van der Waals surface area contributed by atoms with Crippen molar-refractivity contribution in [1.29, 1.82) is 0 Å². The third-order valence-corrected chi connectivity index (χ3v) is 5.11. The molecule has 0 spiro atoms. The van der Waals surface area contributed by atoms with E-state index in [0.717, 1.165) is 6.42 Å². The molecule has 2 rings (SSSR count). The summed E-state index contributed by atoms with van der Waals surface area (Å²) in [7, 11) is 0. The number of thiophene rings is 1. The van der Waals surface area contributed by atoms with Crippen molar-refractivity contribution in [2.75, 3.05) is 0 Å². The van der Waals surface area contributed by atoms with Crippen molar-refractivity contribution in [1.82, 2.24) is 0 Å². The predicted octanol–water partition coefficient (Wildman–Crippen LogP) is 7.55. The molecule has 1 radical (unpaired) electrons. The zero-order valence-corrected chi connectivity index (χ0v) is 19.5. The molecule has 0 saturated carbocycles. The topological polar surface area (TPSA) is 0 Å². The van der Waals surface area contributed by atoms with E-state index in [9.17, 15) is 0 Å². The predicted molar refractivity (Wildman–Crippen MR) is 108 cm³/mol. The van der Waals surface area contributed by atoms with Crippen LogP contribution in [0.25, 0.3) is 0 Å². The summed E-state index contributed by atoms with van der Waals surface area (Å²) in [5.41, 5.74) is 4.27. The van der Waals surface area contributed by atoms with Gasteiger partial charge in [0, 0.05) is 42.5 Å². The maximum absolute atomic E-state index is 3.24. The second-order valence-electron chi connectivity index (χ2n) is 6.39. The van der Waals surface area contributed by atoms with Crippen LogP contribution < -0.4 is 0 Å². The van der Waals surface area contributed by atoms with Gasteiger partial charge in [0.25, 0.3) is 0 Å². The first kappa shape index (κ1) is 26.3. The van der Waals surface area contributed by atoms with E-state index in [1.807, 2.05) is 17.4 Å². The van der Waals surface area contributed by atoms with Crippen molar-refractivity contribution in [3.63, 3.8) is 0 Å². The largest absolute Gasteiger partial charge is 0.180 e. The molecule has 0 aliphatic heterocycles. The minimum Gasteiger partial charge on any atom is -0.180 e. The number of aryl methyl sites for hydroxylation is 3. The fourth-order valence-corrected chi connectivity index (χ4v) is 3.53. The van der Waals surface area contributed by atoms with Crippen molar-refractivity contribution in [3.8, 4) is 0 Å². The van der Waals surface area contributed by atoms with Gasteiger partial charge < -0.3 is 0 Å². The molecule has 0 unspecified atom stereocenters. The molecule has 0 aliphatic rings. The van der Waals surface area contributed by atoms with Gasteiger partial charge in [-0.3, -0.25) is 0 Å². The van der Waals surface area contributed by atoms with Crippen LogP contribution in [0.3, 0.4) is 0 Å². The smallest absolute Gasteiger partial charge is 0.00517 e. The van der Waals surface area contributed by atoms with E-state index in [0.29, 0.717) is 11.8 Å². The summed E-state index contributed by atoms with van der Waals surface area (Å²) in [6.07, 6.45) is 2.30. The Kier molecular flexibility index (Phi) is 14.5. The Labute approximate surface area is 180 Å². The maximum Gasteiger partial charge on any atom is 0.00517 e. The first-order valence-corrected chi connectivity index (χ1v) is 9.30. The summed E-state index contributed by atoms with van der Waals surface area (Å²) in [6, 6.07) is 12.0. The van der Waals surface area contributed by atoms with Crippen molar-refractivity contribution >= 4 is 11.3 Å². The van der Waals surface area contributed by atoms with Crippen LogP contribution in [0.5, 0.6) is 0 Å². The molecule has 2 heteroatoms. The van der Waals surface area contributed by atoms with Gasteiger partial charge >= 0.3 is 0 Å². The van der Waals surface area contributed by atoms with Crippen LogP contribution in [0.15, 0.2) is 24.3 Å². The Morgan fingerprint density at radius 2 is 1.62 bits per heavy atom. The zero-order chi connectivity index (χ0) is 16.7. The van der Waals surface area contributed by atoms with Gasteiger partial charge in [-0.1, -0.05) is 55.4 Å². The Morgan fingerprint density at radius 3 is 2.00 bits per heavy atom. The van der Waals surface area contributed by atoms with Crippen LogP contribution in [0.1, 0.15) is 87.2 Å². The Bertz CT molecular complexity index is 567. The van der Waals surface area contributed by atoms with Crippen LogP contribution in [0.4, 0.5) is 0 Å². The first-order valence-electron chi connectivity index (χ1n) is 8.48. The third-order valence-electron chi connectivity index (χ3n) is 3.90. The summed E-state index contributed by atoms with van der Waals surface area (Å²) in [5, 5.41) is 0. The number of hydrogen-bond acceptors (Lipinski definition) is 1. The van der Waals surface area contributed by atoms with E-state index < -0.39 is 0 Å². The summed E-state index contributed by atoms with van der Waals surface area (Å²) < 4.78 is 0. The van der Waals surface area contributed by atoms with E-state index in [1.165, 1.54) is 32.9 Å². The average Bonchev–Trinajstić information content (AvgIpc) is 2.89. The summed E-state index contributed by atoms with van der Waals surface area (Å²) in [4.78, 5) is 3.02. The maximum atomic E-state index is 3.24. The molecule has 0 amide bonds. The van der Waals surface area contributed by atoms with E-state index in [4.69, 9.17) is 0 Å². The normalized spacial score (nSPS) is 9.88.